The van der Waals surface area contributed by atoms with E-state index in [9.17, 15) is 24.0 Å². The van der Waals surface area contributed by atoms with Crippen molar-refractivity contribution in [2.24, 2.45) is 16.6 Å². The first-order chi connectivity index (χ1) is 29.7. The quantitative estimate of drug-likeness (QED) is 0.0428. The second kappa shape index (κ2) is 30.8. The molecule has 1 aromatic carbocycles. The largest absolute Gasteiger partial charge is 0.380 e. The summed E-state index contributed by atoms with van der Waals surface area (Å²) < 4.78 is 27.9. The Morgan fingerprint density at radius 1 is 0.710 bits per heavy atom. The van der Waals surface area contributed by atoms with E-state index in [-0.39, 0.29) is 61.5 Å². The van der Waals surface area contributed by atoms with Crippen molar-refractivity contribution in [3.8, 4) is 0 Å². The summed E-state index contributed by atoms with van der Waals surface area (Å²) in [6.07, 6.45) is 5.13. The lowest BCUT2D eigenvalue weighted by Crippen LogP contribution is -2.49. The monoisotopic (exact) mass is 878 g/mol. The fourth-order valence-corrected chi connectivity index (χ4v) is 6.01. The molecule has 0 unspecified atom stereocenters. The van der Waals surface area contributed by atoms with Gasteiger partial charge in [0.2, 0.25) is 29.5 Å². The van der Waals surface area contributed by atoms with Crippen molar-refractivity contribution in [1.29, 1.82) is 0 Å². The van der Waals surface area contributed by atoms with Crippen molar-refractivity contribution >= 4 is 40.4 Å². The number of H-pyrrole nitrogens is 1. The van der Waals surface area contributed by atoms with Gasteiger partial charge < -0.3 is 55.7 Å². The van der Waals surface area contributed by atoms with Crippen molar-refractivity contribution in [2.45, 2.75) is 85.1 Å². The second-order valence-corrected chi connectivity index (χ2v) is 16.7. The standard InChI is InChI=1S/C44H75N7O11/c1-43(2,32-62-33-44(3,4)31-45)29-40(54)50-37(16-17-41(55)51(5)57-6)42(56)48-20-22-59-24-26-61-28-27-60-25-23-58-21-19-47-39(53)15-10-18-46-38(52)14-9-11-34-30-49-36-13-8-7-12-35(34)36/h7-8,12-13,30,37,49H,9-11,14-29,31-33,45H2,1-6H3,(H,46,52)(H,47,53)(H,48,56)(H,50,54)/t37-/m1/s1. The van der Waals surface area contributed by atoms with Gasteiger partial charge in [0, 0.05) is 74.9 Å². The number of amides is 5. The Labute approximate surface area is 367 Å². The number of aromatic amines is 1. The summed E-state index contributed by atoms with van der Waals surface area (Å²) in [6.45, 7) is 12.9. The smallest absolute Gasteiger partial charge is 0.245 e. The molecule has 352 valence electrons. The van der Waals surface area contributed by atoms with E-state index in [0.29, 0.717) is 98.4 Å². The van der Waals surface area contributed by atoms with E-state index < -0.39 is 17.4 Å². The number of hydroxylamine groups is 2. The molecule has 2 rings (SSSR count). The molecule has 0 aliphatic carbocycles. The van der Waals surface area contributed by atoms with Crippen LogP contribution in [0.15, 0.2) is 30.5 Å². The number of hydrogen-bond acceptors (Lipinski definition) is 12. The molecule has 62 heavy (non-hydrogen) atoms. The van der Waals surface area contributed by atoms with Crippen LogP contribution >= 0.6 is 0 Å². The van der Waals surface area contributed by atoms with Crippen LogP contribution in [0, 0.1) is 10.8 Å². The molecule has 1 atom stereocenters. The van der Waals surface area contributed by atoms with E-state index in [1.807, 2.05) is 52.1 Å². The van der Waals surface area contributed by atoms with E-state index >= 15 is 0 Å². The number of hydrogen-bond donors (Lipinski definition) is 6. The third-order valence-electron chi connectivity index (χ3n) is 9.76. The number of nitrogens with zero attached hydrogens (tertiary/aromatic N) is 1. The molecule has 0 saturated heterocycles. The van der Waals surface area contributed by atoms with E-state index in [0.717, 1.165) is 23.4 Å². The third kappa shape index (κ3) is 24.5. The zero-order valence-electron chi connectivity index (χ0n) is 38.0. The SMILES string of the molecule is CON(C)C(=O)CC[C@@H](NC(=O)CC(C)(C)COCC(C)(C)CN)C(=O)NCCOCCOCCOCCOCCNC(=O)CCCNC(=O)CCCc1c[nH]c2ccccc12. The van der Waals surface area contributed by atoms with Gasteiger partial charge in [0.1, 0.15) is 6.04 Å². The molecule has 0 radical (unpaired) electrons. The number of rotatable bonds is 36. The predicted molar refractivity (Wildman–Crippen MR) is 236 cm³/mol. The number of nitrogens with one attached hydrogen (secondary N) is 5. The Morgan fingerprint density at radius 2 is 1.27 bits per heavy atom. The van der Waals surface area contributed by atoms with E-state index in [1.54, 1.807) is 0 Å². The van der Waals surface area contributed by atoms with Crippen LogP contribution in [0.2, 0.25) is 0 Å². The number of carbonyl (C=O) groups is 5. The zero-order valence-corrected chi connectivity index (χ0v) is 38.0. The first-order valence-electron chi connectivity index (χ1n) is 21.7. The number of nitrogens with two attached hydrogens (primary N) is 1. The average Bonchev–Trinajstić information content (AvgIpc) is 3.65. The minimum Gasteiger partial charge on any atom is -0.380 e. The molecular weight excluding hydrogens is 803 g/mol. The summed E-state index contributed by atoms with van der Waals surface area (Å²) in [5, 5.41) is 13.5. The summed E-state index contributed by atoms with van der Waals surface area (Å²) in [5.41, 5.74) is 7.43. The van der Waals surface area contributed by atoms with Gasteiger partial charge in [0.25, 0.3) is 0 Å². The summed E-state index contributed by atoms with van der Waals surface area (Å²) in [6, 6.07) is 7.20. The Balaban J connectivity index is 1.45. The van der Waals surface area contributed by atoms with Crippen LogP contribution in [-0.2, 0) is 58.9 Å². The van der Waals surface area contributed by atoms with Crippen molar-refractivity contribution in [1.82, 2.24) is 31.3 Å². The van der Waals surface area contributed by atoms with Crippen molar-refractivity contribution in [3.63, 3.8) is 0 Å². The summed E-state index contributed by atoms with van der Waals surface area (Å²) in [5.74, 6) is -1.17. The van der Waals surface area contributed by atoms with Gasteiger partial charge in [-0.05, 0) is 49.3 Å². The highest BCUT2D eigenvalue weighted by atomic mass is 16.7. The maximum Gasteiger partial charge on any atom is 0.245 e. The number of ether oxygens (including phenoxy) is 5. The lowest BCUT2D eigenvalue weighted by molar-refractivity contribution is -0.168. The Bertz CT molecular complexity index is 1600. The van der Waals surface area contributed by atoms with E-state index in [1.165, 1.54) is 25.1 Å². The minimum absolute atomic E-state index is 0.00548. The first kappa shape index (κ1) is 54.0. The molecule has 0 aliphatic rings. The normalized spacial score (nSPS) is 12.2. The highest BCUT2D eigenvalue weighted by Crippen LogP contribution is 2.23. The van der Waals surface area contributed by atoms with Crippen LogP contribution in [-0.4, -0.2) is 152 Å². The van der Waals surface area contributed by atoms with Crippen LogP contribution in [0.5, 0.6) is 0 Å². The molecule has 0 bridgehead atoms. The molecule has 0 saturated carbocycles. The molecule has 5 amide bonds. The molecule has 7 N–H and O–H groups in total. The molecule has 0 aliphatic heterocycles. The van der Waals surface area contributed by atoms with Crippen LogP contribution < -0.4 is 27.0 Å². The molecule has 18 nitrogen and oxygen atoms in total. The molecule has 1 aromatic heterocycles. The maximum absolute atomic E-state index is 13.1. The topological polar surface area (TPSA) is 234 Å². The molecule has 0 fully saturated rings. The number of benzene rings is 1. The third-order valence-corrected chi connectivity index (χ3v) is 9.76. The Morgan fingerprint density at radius 3 is 1.90 bits per heavy atom. The second-order valence-electron chi connectivity index (χ2n) is 16.7. The summed E-state index contributed by atoms with van der Waals surface area (Å²) in [7, 11) is 2.85. The molecule has 1 heterocycles. The number of aromatic nitrogens is 1. The molecule has 18 heteroatoms. The fourth-order valence-electron chi connectivity index (χ4n) is 6.01. The molecule has 2 aromatic rings. The number of aryl methyl sites for hydroxylation is 1. The van der Waals surface area contributed by atoms with E-state index in [4.69, 9.17) is 34.3 Å². The zero-order chi connectivity index (χ0) is 45.6. The highest BCUT2D eigenvalue weighted by molar-refractivity contribution is 5.88. The van der Waals surface area contributed by atoms with Crippen molar-refractivity contribution < 1.29 is 52.5 Å². The van der Waals surface area contributed by atoms with Gasteiger partial charge in [-0.3, -0.25) is 28.8 Å². The van der Waals surface area contributed by atoms with Gasteiger partial charge in [-0.25, -0.2) is 5.06 Å². The van der Waals surface area contributed by atoms with Crippen LogP contribution in [0.4, 0.5) is 0 Å². The van der Waals surface area contributed by atoms with Gasteiger partial charge in [-0.1, -0.05) is 45.9 Å². The van der Waals surface area contributed by atoms with Gasteiger partial charge >= 0.3 is 0 Å². The minimum atomic E-state index is -0.930. The Kier molecular flexibility index (Phi) is 26.8. The summed E-state index contributed by atoms with van der Waals surface area (Å²) >= 11 is 0. The predicted octanol–water partition coefficient (Wildman–Crippen LogP) is 2.39. The van der Waals surface area contributed by atoms with Crippen LogP contribution in [0.25, 0.3) is 10.9 Å². The molecular formula is C44H75N7O11. The van der Waals surface area contributed by atoms with Gasteiger partial charge in [0.05, 0.1) is 73.2 Å². The van der Waals surface area contributed by atoms with Gasteiger partial charge in [-0.2, -0.15) is 0 Å². The van der Waals surface area contributed by atoms with Crippen molar-refractivity contribution in [2.75, 3.05) is 106 Å². The average molecular weight is 878 g/mol. The fraction of sp³-hybridized carbons (Fsp3) is 0.705. The number of carbonyl (C=O) groups excluding carboxylic acids is 5. The summed E-state index contributed by atoms with van der Waals surface area (Å²) in [4.78, 5) is 70.8. The number of fused-ring (bicyclic) bond motifs is 1. The van der Waals surface area contributed by atoms with Crippen LogP contribution in [0.1, 0.15) is 78.2 Å². The van der Waals surface area contributed by atoms with E-state index in [2.05, 4.69) is 32.3 Å². The first-order valence-corrected chi connectivity index (χ1v) is 21.7. The van der Waals surface area contributed by atoms with Crippen LogP contribution in [0.3, 0.4) is 0 Å². The maximum atomic E-state index is 13.1. The lowest BCUT2D eigenvalue weighted by atomic mass is 9.89. The molecule has 0 spiro atoms. The lowest BCUT2D eigenvalue weighted by Gasteiger charge is -2.28. The number of para-hydroxylation sites is 1. The van der Waals surface area contributed by atoms with Crippen molar-refractivity contribution in [3.05, 3.63) is 36.0 Å². The Hall–Kier alpha value is -4.17. The highest BCUT2D eigenvalue weighted by Gasteiger charge is 2.28. The van der Waals surface area contributed by atoms with Gasteiger partial charge in [-0.15, -0.1) is 0 Å². The van der Waals surface area contributed by atoms with Gasteiger partial charge in [0.15, 0.2) is 0 Å².